The third kappa shape index (κ3) is 3.47. The predicted octanol–water partition coefficient (Wildman–Crippen LogP) is 0.482. The number of nitrogens with one attached hydrogen (secondary N) is 3. The number of rotatable bonds is 4. The van der Waals surface area contributed by atoms with E-state index in [-0.39, 0.29) is 37.3 Å². The molecule has 0 bridgehead atoms. The van der Waals surface area contributed by atoms with Crippen molar-refractivity contribution in [3.63, 3.8) is 0 Å². The van der Waals surface area contributed by atoms with Crippen molar-refractivity contribution in [2.24, 2.45) is 0 Å². The molecule has 1 aromatic carbocycles. The van der Waals surface area contributed by atoms with E-state index >= 15 is 0 Å². The number of amides is 3. The van der Waals surface area contributed by atoms with Crippen LogP contribution in [-0.2, 0) is 14.4 Å². The van der Waals surface area contributed by atoms with Gasteiger partial charge in [0.25, 0.3) is 5.91 Å². The van der Waals surface area contributed by atoms with Crippen molar-refractivity contribution < 1.29 is 19.1 Å². The number of fused-ring (bicyclic) bond motifs is 1. The Morgan fingerprint density at radius 3 is 2.95 bits per heavy atom. The lowest BCUT2D eigenvalue weighted by Gasteiger charge is -2.20. The van der Waals surface area contributed by atoms with Gasteiger partial charge in [-0.25, -0.2) is 0 Å². The molecule has 2 rings (SSSR count). The Morgan fingerprint density at radius 1 is 1.40 bits per heavy atom. The first-order valence-corrected chi connectivity index (χ1v) is 6.16. The number of ether oxygens (including phenoxy) is 1. The van der Waals surface area contributed by atoms with Gasteiger partial charge in [0.2, 0.25) is 11.8 Å². The molecule has 1 aliphatic heterocycles. The number of benzene rings is 1. The number of anilines is 2. The summed E-state index contributed by atoms with van der Waals surface area (Å²) in [5, 5.41) is 7.89. The normalized spacial score (nSPS) is 12.8. The van der Waals surface area contributed by atoms with Gasteiger partial charge < -0.3 is 20.7 Å². The smallest absolute Gasteiger partial charge is 0.262 e. The molecule has 1 aliphatic rings. The lowest BCUT2D eigenvalue weighted by atomic mass is 10.2. The van der Waals surface area contributed by atoms with Gasteiger partial charge in [-0.2, -0.15) is 0 Å². The van der Waals surface area contributed by atoms with Gasteiger partial charge in [0, 0.05) is 19.9 Å². The molecule has 0 unspecified atom stereocenters. The molecule has 0 saturated heterocycles. The Kier molecular flexibility index (Phi) is 4.19. The van der Waals surface area contributed by atoms with E-state index in [1.54, 1.807) is 18.2 Å². The van der Waals surface area contributed by atoms with E-state index in [1.807, 2.05) is 0 Å². The van der Waals surface area contributed by atoms with Gasteiger partial charge in [-0.3, -0.25) is 14.4 Å². The monoisotopic (exact) mass is 277 g/mol. The Morgan fingerprint density at radius 2 is 2.20 bits per heavy atom. The van der Waals surface area contributed by atoms with E-state index in [0.717, 1.165) is 0 Å². The molecule has 1 aromatic rings. The number of carbonyl (C=O) groups excluding carboxylic acids is 3. The summed E-state index contributed by atoms with van der Waals surface area (Å²) in [7, 11) is 0. The zero-order valence-electron chi connectivity index (χ0n) is 11.0. The lowest BCUT2D eigenvalue weighted by molar-refractivity contribution is -0.120. The molecule has 7 heteroatoms. The SMILES string of the molecule is CC(=O)NCCC(=O)Nc1cccc2c1OCC(=O)N2. The van der Waals surface area contributed by atoms with E-state index in [9.17, 15) is 14.4 Å². The molecule has 7 nitrogen and oxygen atoms in total. The van der Waals surface area contributed by atoms with E-state index in [2.05, 4.69) is 16.0 Å². The van der Waals surface area contributed by atoms with Crippen molar-refractivity contribution in [2.75, 3.05) is 23.8 Å². The highest BCUT2D eigenvalue weighted by atomic mass is 16.5. The summed E-state index contributed by atoms with van der Waals surface area (Å²) in [6, 6.07) is 5.09. The Hall–Kier alpha value is -2.57. The highest BCUT2D eigenvalue weighted by Gasteiger charge is 2.19. The zero-order chi connectivity index (χ0) is 14.5. The first kappa shape index (κ1) is 13.9. The van der Waals surface area contributed by atoms with Gasteiger partial charge >= 0.3 is 0 Å². The van der Waals surface area contributed by atoms with Crippen molar-refractivity contribution in [3.05, 3.63) is 18.2 Å². The fourth-order valence-corrected chi connectivity index (χ4v) is 1.78. The van der Waals surface area contributed by atoms with Crippen LogP contribution in [-0.4, -0.2) is 30.9 Å². The minimum Gasteiger partial charge on any atom is -0.479 e. The third-order valence-electron chi connectivity index (χ3n) is 2.64. The molecule has 0 aromatic heterocycles. The van der Waals surface area contributed by atoms with Gasteiger partial charge in [-0.15, -0.1) is 0 Å². The minimum atomic E-state index is -0.243. The first-order valence-electron chi connectivity index (χ1n) is 6.16. The van der Waals surface area contributed by atoms with Crippen LogP contribution in [0, 0.1) is 0 Å². The maximum absolute atomic E-state index is 11.7. The summed E-state index contributed by atoms with van der Waals surface area (Å²) in [6.07, 6.45) is 0.162. The molecule has 0 fully saturated rings. The highest BCUT2D eigenvalue weighted by molar-refractivity contribution is 6.00. The number of hydrogen-bond donors (Lipinski definition) is 3. The fraction of sp³-hybridized carbons (Fsp3) is 0.308. The summed E-state index contributed by atoms with van der Waals surface area (Å²) in [5.74, 6) is -0.208. The second-order valence-electron chi connectivity index (χ2n) is 4.30. The maximum Gasteiger partial charge on any atom is 0.262 e. The van der Waals surface area contributed by atoms with E-state index in [4.69, 9.17) is 4.74 Å². The molecule has 0 aliphatic carbocycles. The lowest BCUT2D eigenvalue weighted by Crippen LogP contribution is -2.27. The van der Waals surface area contributed by atoms with Crippen LogP contribution < -0.4 is 20.7 Å². The second-order valence-corrected chi connectivity index (χ2v) is 4.30. The second kappa shape index (κ2) is 6.05. The van der Waals surface area contributed by atoms with Crippen LogP contribution in [0.5, 0.6) is 5.75 Å². The molecule has 0 atom stereocenters. The number of hydrogen-bond acceptors (Lipinski definition) is 4. The highest BCUT2D eigenvalue weighted by Crippen LogP contribution is 2.35. The fourth-order valence-electron chi connectivity index (χ4n) is 1.78. The third-order valence-corrected chi connectivity index (χ3v) is 2.64. The minimum absolute atomic E-state index is 0.0776. The molecule has 0 radical (unpaired) electrons. The van der Waals surface area contributed by atoms with Gasteiger partial charge in [-0.1, -0.05) is 6.07 Å². The standard InChI is InChI=1S/C13H15N3O4/c1-8(17)14-6-5-11(18)15-9-3-2-4-10-13(9)20-7-12(19)16-10/h2-4H,5-7H2,1H3,(H,14,17)(H,15,18)(H,16,19). The van der Waals surface area contributed by atoms with E-state index < -0.39 is 0 Å². The summed E-state index contributed by atoms with van der Waals surface area (Å²) in [6.45, 7) is 1.58. The van der Waals surface area contributed by atoms with Crippen LogP contribution in [0.3, 0.4) is 0 Å². The average Bonchev–Trinajstić information content (AvgIpc) is 2.38. The molecular weight excluding hydrogens is 262 g/mol. The van der Waals surface area contributed by atoms with Crippen LogP contribution in [0.4, 0.5) is 11.4 Å². The molecule has 3 amide bonds. The molecule has 106 valence electrons. The van der Waals surface area contributed by atoms with Crippen molar-refractivity contribution in [1.29, 1.82) is 0 Å². The Balaban J connectivity index is 1.99. The van der Waals surface area contributed by atoms with Gasteiger partial charge in [0.15, 0.2) is 12.4 Å². The summed E-state index contributed by atoms with van der Waals surface area (Å²) < 4.78 is 5.31. The van der Waals surface area contributed by atoms with Gasteiger partial charge in [-0.05, 0) is 12.1 Å². The average molecular weight is 277 g/mol. The summed E-state index contributed by atoms with van der Waals surface area (Å²) in [5.41, 5.74) is 1.02. The van der Waals surface area contributed by atoms with Crippen LogP contribution in [0.15, 0.2) is 18.2 Å². The van der Waals surface area contributed by atoms with Crippen LogP contribution in [0.2, 0.25) is 0 Å². The molecule has 0 saturated carbocycles. The molecular formula is C13H15N3O4. The molecule has 3 N–H and O–H groups in total. The summed E-state index contributed by atoms with van der Waals surface area (Å²) in [4.78, 5) is 33.6. The van der Waals surface area contributed by atoms with Crippen molar-refractivity contribution in [2.45, 2.75) is 13.3 Å². The predicted molar refractivity (Wildman–Crippen MR) is 72.5 cm³/mol. The van der Waals surface area contributed by atoms with Crippen molar-refractivity contribution >= 4 is 29.1 Å². The van der Waals surface area contributed by atoms with E-state index in [0.29, 0.717) is 17.1 Å². The summed E-state index contributed by atoms with van der Waals surface area (Å²) >= 11 is 0. The number of carbonyl (C=O) groups is 3. The molecule has 1 heterocycles. The first-order chi connectivity index (χ1) is 9.56. The number of para-hydroxylation sites is 1. The maximum atomic E-state index is 11.7. The van der Waals surface area contributed by atoms with Crippen LogP contribution >= 0.6 is 0 Å². The van der Waals surface area contributed by atoms with Crippen LogP contribution in [0.25, 0.3) is 0 Å². The Bertz CT molecular complexity index is 557. The Labute approximate surface area is 115 Å². The van der Waals surface area contributed by atoms with Crippen LogP contribution in [0.1, 0.15) is 13.3 Å². The van der Waals surface area contributed by atoms with Crippen molar-refractivity contribution in [3.8, 4) is 5.75 Å². The molecule has 0 spiro atoms. The largest absolute Gasteiger partial charge is 0.479 e. The van der Waals surface area contributed by atoms with E-state index in [1.165, 1.54) is 6.92 Å². The van der Waals surface area contributed by atoms with Gasteiger partial charge in [0.1, 0.15) is 0 Å². The molecule has 20 heavy (non-hydrogen) atoms. The quantitative estimate of drug-likeness (QED) is 0.746. The topological polar surface area (TPSA) is 96.5 Å². The zero-order valence-corrected chi connectivity index (χ0v) is 11.0. The van der Waals surface area contributed by atoms with Crippen molar-refractivity contribution in [1.82, 2.24) is 5.32 Å². The van der Waals surface area contributed by atoms with Gasteiger partial charge in [0.05, 0.1) is 11.4 Å².